The van der Waals surface area contributed by atoms with Gasteiger partial charge in [-0.2, -0.15) is 0 Å². The maximum absolute atomic E-state index is 12.9. The Kier molecular flexibility index (Phi) is 3.65. The van der Waals surface area contributed by atoms with Crippen molar-refractivity contribution in [3.63, 3.8) is 0 Å². The normalized spacial score (nSPS) is 10.5. The molecule has 1 aromatic heterocycles. The van der Waals surface area contributed by atoms with Crippen molar-refractivity contribution in [2.45, 2.75) is 0 Å². The van der Waals surface area contributed by atoms with Crippen molar-refractivity contribution < 1.29 is 13.6 Å². The number of benzene rings is 2. The van der Waals surface area contributed by atoms with Crippen molar-refractivity contribution >= 4 is 11.6 Å². The van der Waals surface area contributed by atoms with Crippen molar-refractivity contribution in [1.82, 2.24) is 10.2 Å². The maximum Gasteiger partial charge on any atom is 0.315 e. The topological polar surface area (TPSA) is 59.2 Å². The first kappa shape index (κ1) is 13.9. The molecule has 0 aliphatic heterocycles. The predicted molar refractivity (Wildman–Crippen MR) is 78.9 cm³/mol. The first-order chi connectivity index (χ1) is 10.6. The van der Waals surface area contributed by atoms with E-state index in [0.717, 1.165) is 0 Å². The zero-order chi connectivity index (χ0) is 15.5. The van der Waals surface area contributed by atoms with E-state index in [0.29, 0.717) is 11.3 Å². The van der Waals surface area contributed by atoms with Crippen LogP contribution in [0.15, 0.2) is 59.0 Å². The van der Waals surface area contributed by atoms with Crippen LogP contribution in [0.1, 0.15) is 10.7 Å². The van der Waals surface area contributed by atoms with Crippen molar-refractivity contribution in [1.29, 1.82) is 0 Å². The lowest BCUT2D eigenvalue weighted by Gasteiger charge is -2.14. The zero-order valence-electron chi connectivity index (χ0n) is 11.7. The minimum Gasteiger partial charge on any atom is -0.412 e. The van der Waals surface area contributed by atoms with E-state index in [1.165, 1.54) is 29.2 Å². The molecule has 1 amide bonds. The quantitative estimate of drug-likeness (QED) is 0.745. The van der Waals surface area contributed by atoms with Crippen LogP contribution in [0.5, 0.6) is 0 Å². The molecule has 0 N–H and O–H groups in total. The number of carbonyl (C=O) groups is 1. The first-order valence-corrected chi connectivity index (χ1v) is 6.58. The first-order valence-electron chi connectivity index (χ1n) is 6.58. The molecule has 5 nitrogen and oxygen atoms in total. The number of halogens is 1. The van der Waals surface area contributed by atoms with Crippen LogP contribution in [0.2, 0.25) is 0 Å². The minimum absolute atomic E-state index is 0.120. The smallest absolute Gasteiger partial charge is 0.315 e. The number of aromatic nitrogens is 2. The second-order valence-corrected chi connectivity index (χ2v) is 4.62. The highest BCUT2D eigenvalue weighted by molar-refractivity contribution is 6.02. The Labute approximate surface area is 126 Å². The molecule has 0 unspecified atom stereocenters. The average Bonchev–Trinajstić information content (AvgIpc) is 3.05. The van der Waals surface area contributed by atoms with Gasteiger partial charge in [0.25, 0.3) is 0 Å². The van der Waals surface area contributed by atoms with E-state index in [1.807, 2.05) is 18.2 Å². The van der Waals surface area contributed by atoms with Crippen LogP contribution in [-0.4, -0.2) is 23.2 Å². The Morgan fingerprint density at radius 1 is 1.05 bits per heavy atom. The van der Waals surface area contributed by atoms with Gasteiger partial charge in [0, 0.05) is 18.3 Å². The van der Waals surface area contributed by atoms with Gasteiger partial charge in [0.15, 0.2) is 0 Å². The summed E-state index contributed by atoms with van der Waals surface area (Å²) in [4.78, 5) is 13.7. The lowest BCUT2D eigenvalue weighted by molar-refractivity contribution is 0.0960. The van der Waals surface area contributed by atoms with Gasteiger partial charge in [-0.15, -0.1) is 10.2 Å². The SMILES string of the molecule is CN(C(=O)c1nnc(-c2ccc(F)cc2)o1)c1ccccc1. The van der Waals surface area contributed by atoms with Gasteiger partial charge in [-0.25, -0.2) is 4.39 Å². The summed E-state index contributed by atoms with van der Waals surface area (Å²) in [5, 5.41) is 7.59. The maximum atomic E-state index is 12.9. The molecule has 3 rings (SSSR count). The van der Waals surface area contributed by atoms with E-state index >= 15 is 0 Å². The van der Waals surface area contributed by atoms with Gasteiger partial charge in [0.05, 0.1) is 0 Å². The molecule has 0 aliphatic rings. The van der Waals surface area contributed by atoms with Crippen molar-refractivity contribution in [2.24, 2.45) is 0 Å². The number of amides is 1. The summed E-state index contributed by atoms with van der Waals surface area (Å²) in [6.07, 6.45) is 0. The number of carbonyl (C=O) groups excluding carboxylic acids is 1. The summed E-state index contributed by atoms with van der Waals surface area (Å²) in [7, 11) is 1.62. The highest BCUT2D eigenvalue weighted by atomic mass is 19.1. The van der Waals surface area contributed by atoms with Gasteiger partial charge in [-0.05, 0) is 36.4 Å². The van der Waals surface area contributed by atoms with Crippen LogP contribution in [0.4, 0.5) is 10.1 Å². The highest BCUT2D eigenvalue weighted by Gasteiger charge is 2.20. The molecule has 0 aliphatic carbocycles. The molecule has 0 radical (unpaired) electrons. The van der Waals surface area contributed by atoms with Crippen LogP contribution in [0.3, 0.4) is 0 Å². The number of hydrogen-bond acceptors (Lipinski definition) is 4. The summed E-state index contributed by atoms with van der Waals surface area (Å²) in [5.74, 6) is -0.717. The lowest BCUT2D eigenvalue weighted by Crippen LogP contribution is -2.26. The Morgan fingerprint density at radius 2 is 1.73 bits per heavy atom. The number of nitrogens with zero attached hydrogens (tertiary/aromatic N) is 3. The van der Waals surface area contributed by atoms with Crippen LogP contribution in [-0.2, 0) is 0 Å². The molecule has 3 aromatic rings. The molecule has 110 valence electrons. The van der Waals surface area contributed by atoms with Gasteiger partial charge in [-0.3, -0.25) is 4.79 Å². The second-order valence-electron chi connectivity index (χ2n) is 4.62. The van der Waals surface area contributed by atoms with Crippen LogP contribution >= 0.6 is 0 Å². The fourth-order valence-electron chi connectivity index (χ4n) is 1.93. The van der Waals surface area contributed by atoms with Gasteiger partial charge in [-0.1, -0.05) is 18.2 Å². The summed E-state index contributed by atoms with van der Waals surface area (Å²) in [6, 6.07) is 14.7. The number of hydrogen-bond donors (Lipinski definition) is 0. The van der Waals surface area contributed by atoms with Gasteiger partial charge in [0.1, 0.15) is 5.82 Å². The van der Waals surface area contributed by atoms with E-state index < -0.39 is 5.91 Å². The molecule has 0 atom stereocenters. The van der Waals surface area contributed by atoms with Gasteiger partial charge >= 0.3 is 11.8 Å². The fourth-order valence-corrected chi connectivity index (χ4v) is 1.93. The van der Waals surface area contributed by atoms with Gasteiger partial charge < -0.3 is 9.32 Å². The second kappa shape index (κ2) is 5.77. The van der Waals surface area contributed by atoms with E-state index in [1.54, 1.807) is 19.2 Å². The van der Waals surface area contributed by atoms with Crippen molar-refractivity contribution in [2.75, 3.05) is 11.9 Å². The summed E-state index contributed by atoms with van der Waals surface area (Å²) < 4.78 is 18.3. The third-order valence-corrected chi connectivity index (χ3v) is 3.15. The van der Waals surface area contributed by atoms with E-state index in [2.05, 4.69) is 10.2 Å². The Morgan fingerprint density at radius 3 is 2.41 bits per heavy atom. The number of rotatable bonds is 3. The molecule has 0 fully saturated rings. The largest absolute Gasteiger partial charge is 0.412 e. The molecule has 22 heavy (non-hydrogen) atoms. The molecule has 0 saturated carbocycles. The molecule has 0 saturated heterocycles. The van der Waals surface area contributed by atoms with E-state index in [-0.39, 0.29) is 17.6 Å². The highest BCUT2D eigenvalue weighted by Crippen LogP contribution is 2.20. The molecule has 2 aromatic carbocycles. The van der Waals surface area contributed by atoms with Crippen LogP contribution < -0.4 is 4.90 Å². The molecular formula is C16H12FN3O2. The third-order valence-electron chi connectivity index (χ3n) is 3.15. The molecule has 0 bridgehead atoms. The van der Waals surface area contributed by atoms with Gasteiger partial charge in [0.2, 0.25) is 5.89 Å². The summed E-state index contributed by atoms with van der Waals surface area (Å²) >= 11 is 0. The summed E-state index contributed by atoms with van der Waals surface area (Å²) in [5.41, 5.74) is 1.27. The third kappa shape index (κ3) is 2.71. The van der Waals surface area contributed by atoms with Crippen LogP contribution in [0.25, 0.3) is 11.5 Å². The Bertz CT molecular complexity index is 785. The summed E-state index contributed by atoms with van der Waals surface area (Å²) in [6.45, 7) is 0. The molecule has 6 heteroatoms. The number of para-hydroxylation sites is 1. The Balaban J connectivity index is 1.84. The molecular weight excluding hydrogens is 285 g/mol. The fraction of sp³-hybridized carbons (Fsp3) is 0.0625. The minimum atomic E-state index is -0.410. The van der Waals surface area contributed by atoms with E-state index in [4.69, 9.17) is 4.42 Å². The Hall–Kier alpha value is -3.02. The van der Waals surface area contributed by atoms with Crippen LogP contribution in [0, 0.1) is 5.82 Å². The zero-order valence-corrected chi connectivity index (χ0v) is 11.7. The van der Waals surface area contributed by atoms with E-state index in [9.17, 15) is 9.18 Å². The molecule has 0 spiro atoms. The molecule has 1 heterocycles. The lowest BCUT2D eigenvalue weighted by atomic mass is 10.2. The monoisotopic (exact) mass is 297 g/mol. The van der Waals surface area contributed by atoms with Crippen molar-refractivity contribution in [3.05, 3.63) is 66.3 Å². The number of anilines is 1. The van der Waals surface area contributed by atoms with Crippen molar-refractivity contribution in [3.8, 4) is 11.5 Å². The average molecular weight is 297 g/mol. The predicted octanol–water partition coefficient (Wildman–Crippen LogP) is 3.15. The standard InChI is InChI=1S/C16H12FN3O2/c1-20(13-5-3-2-4-6-13)16(21)15-19-18-14(22-15)11-7-9-12(17)10-8-11/h2-10H,1H3.